The van der Waals surface area contributed by atoms with E-state index >= 15 is 0 Å². The lowest BCUT2D eigenvalue weighted by molar-refractivity contribution is 0.0507. The summed E-state index contributed by atoms with van der Waals surface area (Å²) in [5.74, 6) is 1.79. The van der Waals surface area contributed by atoms with Crippen molar-refractivity contribution in [2.24, 2.45) is 4.99 Å². The van der Waals surface area contributed by atoms with Gasteiger partial charge in [-0.1, -0.05) is 6.07 Å². The van der Waals surface area contributed by atoms with E-state index in [1.165, 1.54) is 0 Å². The smallest absolute Gasteiger partial charge is 0.407 e. The van der Waals surface area contributed by atoms with Crippen LogP contribution in [0.5, 0.6) is 0 Å². The minimum atomic E-state index is -0.481. The number of aromatic nitrogens is 1. The summed E-state index contributed by atoms with van der Waals surface area (Å²) in [6.45, 7) is 8.95. The standard InChI is InChI=1S/C20H34N6O2.HI/c1-20(2,3)28-19(27)25-16-10-14-26(15-16)18(21-4)24-13-8-7-12-23-17-9-5-6-11-22-17;/h5-6,9,11,16H,7-8,10,12-15H2,1-4H3,(H,21,24)(H,22,23)(H,25,27);1H. The van der Waals surface area contributed by atoms with Crippen LogP contribution < -0.4 is 16.0 Å². The molecule has 1 atom stereocenters. The van der Waals surface area contributed by atoms with Gasteiger partial charge in [-0.05, 0) is 52.2 Å². The van der Waals surface area contributed by atoms with Crippen LogP contribution in [0.25, 0.3) is 0 Å². The SMILES string of the molecule is CN=C(NCCCCNc1ccccn1)N1CCC(NC(=O)OC(C)(C)C)C1.I. The highest BCUT2D eigenvalue weighted by Crippen LogP contribution is 2.12. The molecule has 9 heteroatoms. The molecule has 3 N–H and O–H groups in total. The molecule has 1 aromatic rings. The average Bonchev–Trinajstić information content (AvgIpc) is 3.08. The van der Waals surface area contributed by atoms with E-state index in [0.29, 0.717) is 0 Å². The Morgan fingerprint density at radius 1 is 1.31 bits per heavy atom. The molecule has 0 aliphatic carbocycles. The fraction of sp³-hybridized carbons (Fsp3) is 0.650. The second-order valence-electron chi connectivity index (χ2n) is 7.90. The molecule has 0 saturated carbocycles. The molecule has 8 nitrogen and oxygen atoms in total. The van der Waals surface area contributed by atoms with Gasteiger partial charge in [0.2, 0.25) is 0 Å². The van der Waals surface area contributed by atoms with Crippen molar-refractivity contribution < 1.29 is 9.53 Å². The number of guanidine groups is 1. The van der Waals surface area contributed by atoms with Gasteiger partial charge in [-0.25, -0.2) is 9.78 Å². The molecular weight excluding hydrogens is 483 g/mol. The van der Waals surface area contributed by atoms with Crippen LogP contribution in [0.2, 0.25) is 0 Å². The molecule has 0 radical (unpaired) electrons. The topological polar surface area (TPSA) is 90.9 Å². The quantitative estimate of drug-likeness (QED) is 0.223. The number of nitrogens with zero attached hydrogens (tertiary/aromatic N) is 3. The highest BCUT2D eigenvalue weighted by atomic mass is 127. The number of alkyl carbamates (subject to hydrolysis) is 1. The molecule has 2 rings (SSSR count). The average molecular weight is 518 g/mol. The summed E-state index contributed by atoms with van der Waals surface area (Å²) in [6, 6.07) is 5.93. The van der Waals surface area contributed by atoms with Crippen LogP contribution in [0, 0.1) is 0 Å². The molecule has 1 amide bonds. The minimum Gasteiger partial charge on any atom is -0.444 e. The molecule has 1 aliphatic rings. The number of anilines is 1. The summed E-state index contributed by atoms with van der Waals surface area (Å²) in [5, 5.41) is 9.67. The van der Waals surface area contributed by atoms with Crippen molar-refractivity contribution in [3.8, 4) is 0 Å². The third kappa shape index (κ3) is 10.00. The van der Waals surface area contributed by atoms with Crippen LogP contribution in [-0.4, -0.2) is 66.8 Å². The molecule has 0 bridgehead atoms. The van der Waals surface area contributed by atoms with Crippen LogP contribution >= 0.6 is 24.0 Å². The van der Waals surface area contributed by atoms with Crippen molar-refractivity contribution in [2.45, 2.75) is 51.7 Å². The van der Waals surface area contributed by atoms with Gasteiger partial charge in [0.25, 0.3) is 0 Å². The van der Waals surface area contributed by atoms with E-state index in [1.54, 1.807) is 13.2 Å². The maximum absolute atomic E-state index is 11.9. The largest absolute Gasteiger partial charge is 0.444 e. The van der Waals surface area contributed by atoms with Crippen LogP contribution in [-0.2, 0) is 4.74 Å². The van der Waals surface area contributed by atoms with Crippen molar-refractivity contribution in [1.82, 2.24) is 20.5 Å². The Morgan fingerprint density at radius 2 is 2.07 bits per heavy atom. The number of halogens is 1. The molecular formula is C20H35IN6O2. The number of unbranched alkanes of at least 4 members (excludes halogenated alkanes) is 1. The summed E-state index contributed by atoms with van der Waals surface area (Å²) in [6.07, 6.45) is 4.39. The number of nitrogens with one attached hydrogen (secondary N) is 3. The van der Waals surface area contributed by atoms with E-state index in [4.69, 9.17) is 4.74 Å². The summed E-state index contributed by atoms with van der Waals surface area (Å²) in [7, 11) is 1.79. The Morgan fingerprint density at radius 3 is 2.72 bits per heavy atom. The van der Waals surface area contributed by atoms with Gasteiger partial charge in [0.1, 0.15) is 11.4 Å². The molecule has 0 aromatic carbocycles. The predicted octanol–water partition coefficient (Wildman–Crippen LogP) is 3.07. The maximum Gasteiger partial charge on any atom is 0.407 e. The van der Waals surface area contributed by atoms with Crippen molar-refractivity contribution in [2.75, 3.05) is 38.5 Å². The van der Waals surface area contributed by atoms with E-state index in [0.717, 1.165) is 57.2 Å². The third-order valence-corrected chi connectivity index (χ3v) is 4.28. The molecule has 1 aliphatic heterocycles. The normalized spacial score (nSPS) is 16.8. The van der Waals surface area contributed by atoms with E-state index in [2.05, 4.69) is 30.8 Å². The Labute approximate surface area is 191 Å². The first-order valence-corrected chi connectivity index (χ1v) is 9.97. The van der Waals surface area contributed by atoms with Gasteiger partial charge in [-0.2, -0.15) is 0 Å². The minimum absolute atomic E-state index is 0. The number of hydrogen-bond donors (Lipinski definition) is 3. The molecule has 1 unspecified atom stereocenters. The van der Waals surface area contributed by atoms with E-state index in [9.17, 15) is 4.79 Å². The van der Waals surface area contributed by atoms with Gasteiger partial charge in [0.05, 0.1) is 6.04 Å². The van der Waals surface area contributed by atoms with Gasteiger partial charge >= 0.3 is 6.09 Å². The van der Waals surface area contributed by atoms with Gasteiger partial charge in [-0.3, -0.25) is 4.99 Å². The Bertz CT molecular complexity index is 636. The number of amides is 1. The number of pyridine rings is 1. The monoisotopic (exact) mass is 518 g/mol. The van der Waals surface area contributed by atoms with E-state index in [1.807, 2.05) is 39.0 Å². The van der Waals surface area contributed by atoms with E-state index < -0.39 is 5.60 Å². The number of carbonyl (C=O) groups is 1. The Kier molecular flexibility index (Phi) is 11.1. The number of carbonyl (C=O) groups excluding carboxylic acids is 1. The summed E-state index contributed by atoms with van der Waals surface area (Å²) >= 11 is 0. The lowest BCUT2D eigenvalue weighted by Crippen LogP contribution is -2.44. The highest BCUT2D eigenvalue weighted by Gasteiger charge is 2.27. The molecule has 2 heterocycles. The number of rotatable bonds is 7. The lowest BCUT2D eigenvalue weighted by atomic mass is 10.2. The zero-order valence-electron chi connectivity index (χ0n) is 17.9. The lowest BCUT2D eigenvalue weighted by Gasteiger charge is -2.23. The number of ether oxygens (including phenoxy) is 1. The van der Waals surface area contributed by atoms with Gasteiger partial charge in [0, 0.05) is 39.4 Å². The number of aliphatic imine (C=N–C) groups is 1. The Balaban J connectivity index is 0.00000420. The summed E-state index contributed by atoms with van der Waals surface area (Å²) in [4.78, 5) is 22.7. The molecule has 1 fully saturated rings. The first kappa shape index (κ1) is 25.3. The predicted molar refractivity (Wildman–Crippen MR) is 128 cm³/mol. The zero-order valence-corrected chi connectivity index (χ0v) is 20.2. The maximum atomic E-state index is 11.9. The number of hydrogen-bond acceptors (Lipinski definition) is 5. The second kappa shape index (κ2) is 12.7. The molecule has 164 valence electrons. The first-order valence-electron chi connectivity index (χ1n) is 9.97. The zero-order chi connectivity index (χ0) is 20.4. The van der Waals surface area contributed by atoms with Crippen molar-refractivity contribution in [3.63, 3.8) is 0 Å². The fourth-order valence-corrected chi connectivity index (χ4v) is 3.01. The van der Waals surface area contributed by atoms with Crippen molar-refractivity contribution in [1.29, 1.82) is 0 Å². The number of likely N-dealkylation sites (tertiary alicyclic amines) is 1. The Hall–Kier alpha value is -1.78. The molecule has 0 spiro atoms. The summed E-state index contributed by atoms with van der Waals surface area (Å²) in [5.41, 5.74) is -0.481. The summed E-state index contributed by atoms with van der Waals surface area (Å²) < 4.78 is 5.33. The van der Waals surface area contributed by atoms with E-state index in [-0.39, 0.29) is 36.1 Å². The van der Waals surface area contributed by atoms with Crippen LogP contribution in [0.4, 0.5) is 10.6 Å². The van der Waals surface area contributed by atoms with Crippen molar-refractivity contribution >= 4 is 41.8 Å². The molecule has 1 aromatic heterocycles. The third-order valence-electron chi connectivity index (χ3n) is 4.28. The van der Waals surface area contributed by atoms with Crippen LogP contribution in [0.15, 0.2) is 29.4 Å². The second-order valence-corrected chi connectivity index (χ2v) is 7.90. The van der Waals surface area contributed by atoms with Crippen molar-refractivity contribution in [3.05, 3.63) is 24.4 Å². The van der Waals surface area contributed by atoms with Gasteiger partial charge in [-0.15, -0.1) is 24.0 Å². The van der Waals surface area contributed by atoms with Crippen LogP contribution in [0.3, 0.4) is 0 Å². The molecule has 29 heavy (non-hydrogen) atoms. The first-order chi connectivity index (χ1) is 13.4. The van der Waals surface area contributed by atoms with Gasteiger partial charge in [0.15, 0.2) is 5.96 Å². The highest BCUT2D eigenvalue weighted by molar-refractivity contribution is 14.0. The van der Waals surface area contributed by atoms with Gasteiger partial charge < -0.3 is 25.6 Å². The van der Waals surface area contributed by atoms with Crippen LogP contribution in [0.1, 0.15) is 40.0 Å². The fourth-order valence-electron chi connectivity index (χ4n) is 3.01. The molecule has 1 saturated heterocycles.